The fourth-order valence-electron chi connectivity index (χ4n) is 4.58. The average molecular weight is 393 g/mol. The van der Waals surface area contributed by atoms with Crippen molar-refractivity contribution in [2.45, 2.75) is 31.6 Å². The molecule has 0 aliphatic carbocycles. The minimum absolute atomic E-state index is 0.147. The van der Waals surface area contributed by atoms with Gasteiger partial charge in [0.05, 0.1) is 36.0 Å². The van der Waals surface area contributed by atoms with E-state index in [1.165, 1.54) is 6.07 Å². The second-order valence-electron chi connectivity index (χ2n) is 7.26. The highest BCUT2D eigenvalue weighted by molar-refractivity contribution is 6.18. The fourth-order valence-corrected chi connectivity index (χ4v) is 4.58. The zero-order chi connectivity index (χ0) is 20.4. The Morgan fingerprint density at radius 1 is 1.32 bits per heavy atom. The molecule has 0 aromatic heterocycles. The molecule has 10 heteroatoms. The summed E-state index contributed by atoms with van der Waals surface area (Å²) < 4.78 is 39.5. The molecule has 1 aromatic rings. The number of nitriles is 1. The number of halogens is 3. The van der Waals surface area contributed by atoms with E-state index in [4.69, 9.17) is 5.26 Å². The highest BCUT2D eigenvalue weighted by atomic mass is 19.4. The van der Waals surface area contributed by atoms with Gasteiger partial charge in [0.25, 0.3) is 5.91 Å². The molecule has 28 heavy (non-hydrogen) atoms. The first-order valence-electron chi connectivity index (χ1n) is 8.77. The Morgan fingerprint density at radius 2 is 2.04 bits per heavy atom. The van der Waals surface area contributed by atoms with E-state index < -0.39 is 41.3 Å². The number of nitrogens with zero attached hydrogens (tertiary/aromatic N) is 4. The Kier molecular flexibility index (Phi) is 3.89. The summed E-state index contributed by atoms with van der Waals surface area (Å²) in [6.45, 7) is 2.52. The summed E-state index contributed by atoms with van der Waals surface area (Å²) in [4.78, 5) is 41.3. The first kappa shape index (κ1) is 18.6. The van der Waals surface area contributed by atoms with Crippen LogP contribution in [0.4, 0.5) is 23.7 Å². The molecule has 146 valence electrons. The molecule has 1 aromatic carbocycles. The molecule has 4 rings (SSSR count). The second kappa shape index (κ2) is 5.86. The number of imide groups is 1. The summed E-state index contributed by atoms with van der Waals surface area (Å²) in [6, 6.07) is 2.07. The molecule has 3 aliphatic rings. The number of benzene rings is 1. The van der Waals surface area contributed by atoms with Crippen molar-refractivity contribution in [3.63, 3.8) is 0 Å². The highest BCUT2D eigenvalue weighted by Crippen LogP contribution is 2.44. The number of carbonyl (C=O) groups is 3. The number of hydrogen-bond donors (Lipinski definition) is 0. The van der Waals surface area contributed by atoms with E-state index in [1.807, 2.05) is 4.90 Å². The van der Waals surface area contributed by atoms with E-state index in [1.54, 1.807) is 6.92 Å². The van der Waals surface area contributed by atoms with Crippen LogP contribution in [0.5, 0.6) is 0 Å². The van der Waals surface area contributed by atoms with Crippen LogP contribution in [0, 0.1) is 11.3 Å². The van der Waals surface area contributed by atoms with Gasteiger partial charge in [-0.2, -0.15) is 23.3 Å². The quantitative estimate of drug-likeness (QED) is 0.579. The second-order valence-corrected chi connectivity index (χ2v) is 7.26. The maximum Gasteiger partial charge on any atom is 0.433 e. The van der Waals surface area contributed by atoms with Gasteiger partial charge < -0.3 is 0 Å². The van der Waals surface area contributed by atoms with Crippen LogP contribution in [0.25, 0.3) is 0 Å². The third kappa shape index (κ3) is 2.26. The first-order valence-corrected chi connectivity index (χ1v) is 8.77. The lowest BCUT2D eigenvalue weighted by molar-refractivity contribution is -0.852. The van der Waals surface area contributed by atoms with Crippen molar-refractivity contribution in [3.05, 3.63) is 29.3 Å². The molecule has 0 N–H and O–H groups in total. The molecule has 3 fully saturated rings. The third-order valence-corrected chi connectivity index (χ3v) is 5.87. The number of fused-ring (bicyclic) bond motifs is 1. The van der Waals surface area contributed by atoms with Crippen LogP contribution in [0.1, 0.15) is 24.5 Å². The summed E-state index contributed by atoms with van der Waals surface area (Å²) in [5, 5.41) is 8.94. The van der Waals surface area contributed by atoms with Gasteiger partial charge in [0.15, 0.2) is 17.9 Å². The average Bonchev–Trinajstić information content (AvgIpc) is 3.29. The number of ketones is 1. The number of urea groups is 1. The maximum atomic E-state index is 13.3. The van der Waals surface area contributed by atoms with Gasteiger partial charge >= 0.3 is 12.2 Å². The summed E-state index contributed by atoms with van der Waals surface area (Å²) in [5.41, 5.74) is -2.02. The lowest BCUT2D eigenvalue weighted by Gasteiger charge is -2.32. The minimum atomic E-state index is -4.80. The number of quaternary nitrogens is 1. The van der Waals surface area contributed by atoms with Crippen molar-refractivity contribution in [1.29, 1.82) is 5.26 Å². The topological polar surface area (TPSA) is 81.5 Å². The Labute approximate surface area is 158 Å². The molecule has 3 saturated heterocycles. The van der Waals surface area contributed by atoms with Gasteiger partial charge in [0, 0.05) is 6.42 Å². The number of rotatable bonds is 3. The molecule has 3 amide bonds. The lowest BCUT2D eigenvalue weighted by Crippen LogP contribution is -2.62. The number of piperazine rings is 1. The predicted octanol–water partition coefficient (Wildman–Crippen LogP) is 1.86. The van der Waals surface area contributed by atoms with Crippen LogP contribution >= 0.6 is 0 Å². The zero-order valence-electron chi connectivity index (χ0n) is 14.9. The van der Waals surface area contributed by atoms with Crippen molar-refractivity contribution in [2.75, 3.05) is 24.7 Å². The Morgan fingerprint density at radius 3 is 2.64 bits per heavy atom. The fraction of sp³-hybridized carbons (Fsp3) is 0.444. The van der Waals surface area contributed by atoms with E-state index >= 15 is 0 Å². The largest absolute Gasteiger partial charge is 0.433 e. The van der Waals surface area contributed by atoms with Crippen LogP contribution in [-0.4, -0.2) is 58.9 Å². The number of anilines is 1. The number of amides is 3. The Balaban J connectivity index is 1.80. The van der Waals surface area contributed by atoms with E-state index in [0.29, 0.717) is 12.6 Å². The number of alkyl halides is 3. The number of Topliss-reactive ketones (excluding diaryl/α,β-unsaturated/α-hetero) is 1. The van der Waals surface area contributed by atoms with Crippen LogP contribution in [0.3, 0.4) is 0 Å². The number of hydrogen-bond acceptors (Lipinski definition) is 5. The predicted molar refractivity (Wildman–Crippen MR) is 88.6 cm³/mol. The molecule has 3 unspecified atom stereocenters. The van der Waals surface area contributed by atoms with Gasteiger partial charge in [0.1, 0.15) is 6.67 Å². The smallest absolute Gasteiger partial charge is 0.293 e. The standard InChI is InChI=1S/C18H16F3N4O3/c1-2-15(26)13-7-23-8-14-16(27)24(17(28)25(13,14)9-23)11-4-3-10(6-22)12(5-11)18(19,20)21/h3-5,13-14H,2,7-9H2,1H3/q+1. The normalized spacial score (nSPS) is 31.2. The van der Waals surface area contributed by atoms with E-state index in [0.717, 1.165) is 17.0 Å². The molecular formula is C18H16F3N4O3+. The molecule has 3 heterocycles. The maximum absolute atomic E-state index is 13.3. The van der Waals surface area contributed by atoms with E-state index in [-0.39, 0.29) is 35.6 Å². The van der Waals surface area contributed by atoms with Crippen molar-refractivity contribution in [2.24, 2.45) is 0 Å². The van der Waals surface area contributed by atoms with Gasteiger partial charge in [-0.15, -0.1) is 0 Å². The molecule has 2 bridgehead atoms. The van der Waals surface area contributed by atoms with Gasteiger partial charge in [0.2, 0.25) is 0 Å². The van der Waals surface area contributed by atoms with E-state index in [9.17, 15) is 27.6 Å². The minimum Gasteiger partial charge on any atom is -0.293 e. The Bertz CT molecular complexity index is 954. The van der Waals surface area contributed by atoms with Gasteiger partial charge in [-0.05, 0) is 18.2 Å². The van der Waals surface area contributed by atoms with Crippen LogP contribution in [-0.2, 0) is 15.8 Å². The summed E-state index contributed by atoms with van der Waals surface area (Å²) >= 11 is 0. The summed E-state index contributed by atoms with van der Waals surface area (Å²) in [5.74, 6) is -0.759. The molecular weight excluding hydrogens is 377 g/mol. The van der Waals surface area contributed by atoms with Crippen molar-refractivity contribution < 1.29 is 32.0 Å². The SMILES string of the molecule is CCC(=O)C1C[N@@]2CC3C(=O)N(c4ccc(C#N)c(C(F)(F)F)c4)C(=O)[N+]13C2. The summed E-state index contributed by atoms with van der Waals surface area (Å²) in [7, 11) is 0. The molecule has 1 spiro atoms. The van der Waals surface area contributed by atoms with Crippen LogP contribution in [0.2, 0.25) is 0 Å². The number of carbonyl (C=O) groups excluding carboxylic acids is 3. The highest BCUT2D eigenvalue weighted by Gasteiger charge is 2.73. The molecule has 0 radical (unpaired) electrons. The van der Waals surface area contributed by atoms with Crippen LogP contribution < -0.4 is 4.90 Å². The lowest BCUT2D eigenvalue weighted by atomic mass is 10.0. The van der Waals surface area contributed by atoms with Crippen molar-refractivity contribution in [1.82, 2.24) is 4.90 Å². The molecule has 4 atom stereocenters. The molecule has 3 aliphatic heterocycles. The van der Waals surface area contributed by atoms with E-state index in [2.05, 4.69) is 0 Å². The summed E-state index contributed by atoms with van der Waals surface area (Å²) in [6.07, 6.45) is -4.59. The van der Waals surface area contributed by atoms with Gasteiger partial charge in [-0.1, -0.05) is 6.92 Å². The molecule has 7 nitrogen and oxygen atoms in total. The van der Waals surface area contributed by atoms with Gasteiger partial charge in [-0.3, -0.25) is 9.59 Å². The third-order valence-electron chi connectivity index (χ3n) is 5.87. The first-order chi connectivity index (χ1) is 13.1. The van der Waals surface area contributed by atoms with Crippen LogP contribution in [0.15, 0.2) is 18.2 Å². The molecule has 0 saturated carbocycles. The van der Waals surface area contributed by atoms with Crippen molar-refractivity contribution >= 4 is 23.4 Å². The van der Waals surface area contributed by atoms with Crippen molar-refractivity contribution in [3.8, 4) is 6.07 Å². The monoisotopic (exact) mass is 393 g/mol. The van der Waals surface area contributed by atoms with Gasteiger partial charge in [-0.25, -0.2) is 14.2 Å². The Hall–Kier alpha value is -2.77. The zero-order valence-corrected chi connectivity index (χ0v) is 14.9.